The summed E-state index contributed by atoms with van der Waals surface area (Å²) in [6.45, 7) is 1.45. The van der Waals surface area contributed by atoms with Crippen LogP contribution < -0.4 is 0 Å². The van der Waals surface area contributed by atoms with Gasteiger partial charge in [-0.3, -0.25) is 9.59 Å². The Kier molecular flexibility index (Phi) is 5.71. The number of halogens is 1. The van der Waals surface area contributed by atoms with Gasteiger partial charge in [0.15, 0.2) is 5.12 Å². The van der Waals surface area contributed by atoms with E-state index in [1.807, 2.05) is 24.3 Å². The van der Waals surface area contributed by atoms with Gasteiger partial charge in [0, 0.05) is 17.1 Å². The summed E-state index contributed by atoms with van der Waals surface area (Å²) >= 11 is 4.40. The van der Waals surface area contributed by atoms with Crippen molar-refractivity contribution in [3.8, 4) is 0 Å². The SMILES string of the molecule is CC(=O)SCC(Cc1cccc(Br)c1)C(=O)O. The molecule has 1 rings (SSSR count). The minimum Gasteiger partial charge on any atom is -0.481 e. The molecule has 0 saturated carbocycles. The Hall–Kier alpha value is -0.810. The number of carbonyl (C=O) groups excluding carboxylic acids is 1. The summed E-state index contributed by atoms with van der Waals surface area (Å²) < 4.78 is 0.929. The number of hydrogen-bond acceptors (Lipinski definition) is 3. The average Bonchev–Trinajstić information content (AvgIpc) is 2.23. The second kappa shape index (κ2) is 6.81. The van der Waals surface area contributed by atoms with E-state index in [1.54, 1.807) is 0 Å². The van der Waals surface area contributed by atoms with Crippen LogP contribution in [0.15, 0.2) is 28.7 Å². The molecule has 1 aromatic rings. The number of carboxylic acids is 1. The first kappa shape index (κ1) is 14.3. The first-order chi connectivity index (χ1) is 7.99. The molecule has 1 unspecified atom stereocenters. The Labute approximate surface area is 113 Å². The smallest absolute Gasteiger partial charge is 0.307 e. The minimum atomic E-state index is -0.862. The summed E-state index contributed by atoms with van der Waals surface area (Å²) in [7, 11) is 0. The average molecular weight is 317 g/mol. The molecule has 0 amide bonds. The fourth-order valence-corrected chi connectivity index (χ4v) is 2.53. The maximum absolute atomic E-state index is 11.1. The Balaban J connectivity index is 2.66. The first-order valence-electron chi connectivity index (χ1n) is 5.09. The summed E-state index contributed by atoms with van der Waals surface area (Å²) in [6, 6.07) is 7.55. The van der Waals surface area contributed by atoms with E-state index >= 15 is 0 Å². The zero-order valence-electron chi connectivity index (χ0n) is 9.35. The van der Waals surface area contributed by atoms with Crippen LogP contribution in [0.25, 0.3) is 0 Å². The number of aliphatic carboxylic acids is 1. The zero-order valence-corrected chi connectivity index (χ0v) is 11.8. The van der Waals surface area contributed by atoms with Crippen molar-refractivity contribution in [3.63, 3.8) is 0 Å². The molecular weight excluding hydrogens is 304 g/mol. The van der Waals surface area contributed by atoms with Gasteiger partial charge in [0.1, 0.15) is 0 Å². The molecule has 0 spiro atoms. The molecule has 0 aromatic heterocycles. The van der Waals surface area contributed by atoms with Crippen LogP contribution in [0.2, 0.25) is 0 Å². The molecule has 0 fully saturated rings. The molecule has 0 saturated heterocycles. The van der Waals surface area contributed by atoms with Crippen molar-refractivity contribution in [1.82, 2.24) is 0 Å². The molecule has 0 aliphatic rings. The molecule has 0 heterocycles. The van der Waals surface area contributed by atoms with Crippen LogP contribution in [0.5, 0.6) is 0 Å². The van der Waals surface area contributed by atoms with Crippen molar-refractivity contribution < 1.29 is 14.7 Å². The molecule has 1 N–H and O–H groups in total. The van der Waals surface area contributed by atoms with Crippen LogP contribution in [0.4, 0.5) is 0 Å². The molecule has 17 heavy (non-hydrogen) atoms. The molecule has 3 nitrogen and oxygen atoms in total. The summed E-state index contributed by atoms with van der Waals surface area (Å²) in [5.74, 6) is -1.08. The largest absolute Gasteiger partial charge is 0.481 e. The molecule has 1 atom stereocenters. The second-order valence-electron chi connectivity index (χ2n) is 3.67. The van der Waals surface area contributed by atoms with Crippen LogP contribution >= 0.6 is 27.7 Å². The normalized spacial score (nSPS) is 12.1. The van der Waals surface area contributed by atoms with E-state index < -0.39 is 11.9 Å². The lowest BCUT2D eigenvalue weighted by atomic mass is 10.0. The number of rotatable bonds is 5. The minimum absolute atomic E-state index is 0.0505. The lowest BCUT2D eigenvalue weighted by Gasteiger charge is -2.11. The molecular formula is C12H13BrO3S. The van der Waals surface area contributed by atoms with E-state index in [0.29, 0.717) is 12.2 Å². The van der Waals surface area contributed by atoms with E-state index in [0.717, 1.165) is 21.8 Å². The van der Waals surface area contributed by atoms with Crippen molar-refractivity contribution >= 4 is 38.8 Å². The first-order valence-corrected chi connectivity index (χ1v) is 6.87. The highest BCUT2D eigenvalue weighted by atomic mass is 79.9. The van der Waals surface area contributed by atoms with Crippen molar-refractivity contribution in [2.24, 2.45) is 5.92 Å². The lowest BCUT2D eigenvalue weighted by Crippen LogP contribution is -2.19. The highest BCUT2D eigenvalue weighted by Crippen LogP contribution is 2.18. The number of thioether (sulfide) groups is 1. The number of carboxylic acid groups (broad SMARTS) is 1. The van der Waals surface area contributed by atoms with Crippen LogP contribution in [-0.4, -0.2) is 21.9 Å². The van der Waals surface area contributed by atoms with Crippen molar-refractivity contribution in [2.75, 3.05) is 5.75 Å². The van der Waals surface area contributed by atoms with Gasteiger partial charge in [-0.15, -0.1) is 0 Å². The second-order valence-corrected chi connectivity index (χ2v) is 5.78. The van der Waals surface area contributed by atoms with Crippen LogP contribution in [0.3, 0.4) is 0 Å². The van der Waals surface area contributed by atoms with Gasteiger partial charge in [-0.1, -0.05) is 39.8 Å². The summed E-state index contributed by atoms with van der Waals surface area (Å²) in [4.78, 5) is 21.9. The van der Waals surface area contributed by atoms with E-state index in [-0.39, 0.29) is 5.12 Å². The Morgan fingerprint density at radius 1 is 1.47 bits per heavy atom. The summed E-state index contributed by atoms with van der Waals surface area (Å²) in [5.41, 5.74) is 0.955. The predicted molar refractivity (Wildman–Crippen MR) is 72.1 cm³/mol. The third kappa shape index (κ3) is 5.37. The van der Waals surface area contributed by atoms with E-state index in [2.05, 4.69) is 15.9 Å². The number of carbonyl (C=O) groups is 2. The number of hydrogen-bond donors (Lipinski definition) is 1. The highest BCUT2D eigenvalue weighted by molar-refractivity contribution is 9.10. The standard InChI is InChI=1S/C12H13BrO3S/c1-8(14)17-7-10(12(15)16)5-9-3-2-4-11(13)6-9/h2-4,6,10H,5,7H2,1H3,(H,15,16). The van der Waals surface area contributed by atoms with E-state index in [4.69, 9.17) is 5.11 Å². The maximum atomic E-state index is 11.1. The Morgan fingerprint density at radius 3 is 2.71 bits per heavy atom. The molecule has 5 heteroatoms. The van der Waals surface area contributed by atoms with Gasteiger partial charge in [-0.25, -0.2) is 0 Å². The molecule has 0 bridgehead atoms. The van der Waals surface area contributed by atoms with Gasteiger partial charge in [0.05, 0.1) is 5.92 Å². The maximum Gasteiger partial charge on any atom is 0.307 e. The van der Waals surface area contributed by atoms with E-state index in [1.165, 1.54) is 6.92 Å². The summed E-state index contributed by atoms with van der Waals surface area (Å²) in [5, 5.41) is 9.03. The molecule has 1 aromatic carbocycles. The van der Waals surface area contributed by atoms with Crippen LogP contribution in [0.1, 0.15) is 12.5 Å². The molecule has 92 valence electrons. The van der Waals surface area contributed by atoms with Gasteiger partial charge < -0.3 is 5.11 Å². The fraction of sp³-hybridized carbons (Fsp3) is 0.333. The predicted octanol–water partition coefficient (Wildman–Crippen LogP) is 2.97. The lowest BCUT2D eigenvalue weighted by molar-refractivity contribution is -0.140. The van der Waals surface area contributed by atoms with Crippen molar-refractivity contribution in [2.45, 2.75) is 13.3 Å². The van der Waals surface area contributed by atoms with Gasteiger partial charge in [0.25, 0.3) is 0 Å². The van der Waals surface area contributed by atoms with Gasteiger partial charge in [-0.05, 0) is 24.1 Å². The highest BCUT2D eigenvalue weighted by Gasteiger charge is 2.19. The van der Waals surface area contributed by atoms with Crippen LogP contribution in [-0.2, 0) is 16.0 Å². The molecule has 0 aliphatic heterocycles. The third-order valence-corrected chi connectivity index (χ3v) is 3.68. The van der Waals surface area contributed by atoms with Crippen molar-refractivity contribution in [1.29, 1.82) is 0 Å². The van der Waals surface area contributed by atoms with Gasteiger partial charge in [-0.2, -0.15) is 0 Å². The topological polar surface area (TPSA) is 54.4 Å². The van der Waals surface area contributed by atoms with Gasteiger partial charge >= 0.3 is 5.97 Å². The number of benzene rings is 1. The zero-order chi connectivity index (χ0) is 12.8. The fourth-order valence-electron chi connectivity index (χ4n) is 1.38. The van der Waals surface area contributed by atoms with Crippen LogP contribution in [0, 0.1) is 5.92 Å². The quantitative estimate of drug-likeness (QED) is 0.907. The Morgan fingerprint density at radius 2 is 2.18 bits per heavy atom. The Bertz CT molecular complexity index is 420. The van der Waals surface area contributed by atoms with Crippen molar-refractivity contribution in [3.05, 3.63) is 34.3 Å². The monoisotopic (exact) mass is 316 g/mol. The molecule has 0 radical (unpaired) electrons. The summed E-state index contributed by atoms with van der Waals surface area (Å²) in [6.07, 6.45) is 0.440. The molecule has 0 aliphatic carbocycles. The van der Waals surface area contributed by atoms with E-state index in [9.17, 15) is 9.59 Å². The third-order valence-electron chi connectivity index (χ3n) is 2.21. The van der Waals surface area contributed by atoms with Gasteiger partial charge in [0.2, 0.25) is 0 Å².